The van der Waals surface area contributed by atoms with Gasteiger partial charge in [0.2, 0.25) is 0 Å². The van der Waals surface area contributed by atoms with Gasteiger partial charge in [0.25, 0.3) is 0 Å². The summed E-state index contributed by atoms with van der Waals surface area (Å²) >= 11 is 0. The van der Waals surface area contributed by atoms with E-state index in [1.54, 1.807) is 6.08 Å². The van der Waals surface area contributed by atoms with E-state index in [4.69, 9.17) is 0 Å². The molecule has 0 aromatic heterocycles. The molecule has 0 N–H and O–H groups in total. The molecule has 0 aliphatic rings. The van der Waals surface area contributed by atoms with Crippen molar-refractivity contribution in [1.82, 2.24) is 0 Å². The van der Waals surface area contributed by atoms with Gasteiger partial charge in [-0.05, 0) is 51.3 Å². The summed E-state index contributed by atoms with van der Waals surface area (Å²) < 4.78 is 0. The van der Waals surface area contributed by atoms with Gasteiger partial charge in [-0.15, -0.1) is 6.58 Å². The molecule has 0 heteroatoms. The van der Waals surface area contributed by atoms with E-state index in [1.807, 2.05) is 6.92 Å². The number of rotatable bonds is 1. The fraction of sp³-hybridized carbons (Fsp3) is 0.333. The third-order valence-electron chi connectivity index (χ3n) is 2.24. The Balaban J connectivity index is 0.000000583. The highest BCUT2D eigenvalue weighted by atomic mass is 14.0. The molecule has 1 rings (SSSR count). The minimum Gasteiger partial charge on any atom is -0.103 e. The molecule has 0 aliphatic heterocycles. The first-order valence-electron chi connectivity index (χ1n) is 5.34. The molecular weight excluding hydrogens is 180 g/mol. The van der Waals surface area contributed by atoms with Crippen LogP contribution in [0.5, 0.6) is 0 Å². The highest BCUT2D eigenvalue weighted by molar-refractivity contribution is 5.66. The SMILES string of the molecule is C/C=C(/C)c1ccc(C)cc1C.C=CC. The zero-order valence-electron chi connectivity index (χ0n) is 10.6. The second kappa shape index (κ2) is 7.05. The largest absolute Gasteiger partial charge is 0.103 e. The van der Waals surface area contributed by atoms with E-state index in [0.29, 0.717) is 0 Å². The Kier molecular flexibility index (Phi) is 6.44. The topological polar surface area (TPSA) is 0 Å². The molecule has 0 nitrogen and oxygen atoms in total. The van der Waals surface area contributed by atoms with Crippen molar-refractivity contribution in [2.45, 2.75) is 34.6 Å². The average Bonchev–Trinajstić information content (AvgIpc) is 2.18. The summed E-state index contributed by atoms with van der Waals surface area (Å²) in [5, 5.41) is 0. The predicted octanol–water partition coefficient (Wildman–Crippen LogP) is 4.92. The van der Waals surface area contributed by atoms with Crippen LogP contribution in [-0.2, 0) is 0 Å². The van der Waals surface area contributed by atoms with Crippen molar-refractivity contribution in [1.29, 1.82) is 0 Å². The molecule has 0 bridgehead atoms. The summed E-state index contributed by atoms with van der Waals surface area (Å²) in [6.07, 6.45) is 3.90. The highest BCUT2D eigenvalue weighted by Crippen LogP contribution is 2.18. The third-order valence-corrected chi connectivity index (χ3v) is 2.24. The van der Waals surface area contributed by atoms with Gasteiger partial charge in [-0.1, -0.05) is 35.9 Å². The van der Waals surface area contributed by atoms with Gasteiger partial charge in [0.15, 0.2) is 0 Å². The maximum absolute atomic E-state index is 3.36. The molecule has 0 heterocycles. The van der Waals surface area contributed by atoms with Gasteiger partial charge in [0.05, 0.1) is 0 Å². The van der Waals surface area contributed by atoms with Crippen LogP contribution < -0.4 is 0 Å². The van der Waals surface area contributed by atoms with E-state index in [9.17, 15) is 0 Å². The third kappa shape index (κ3) is 4.64. The normalized spacial score (nSPS) is 10.3. The minimum absolute atomic E-state index is 1.33. The Morgan fingerprint density at radius 1 is 1.20 bits per heavy atom. The van der Waals surface area contributed by atoms with Crippen molar-refractivity contribution < 1.29 is 0 Å². The maximum Gasteiger partial charge on any atom is -0.0201 e. The molecule has 15 heavy (non-hydrogen) atoms. The first-order chi connectivity index (χ1) is 7.06. The maximum atomic E-state index is 3.36. The molecule has 82 valence electrons. The van der Waals surface area contributed by atoms with Crippen LogP contribution in [0.25, 0.3) is 5.57 Å². The molecule has 0 radical (unpaired) electrons. The molecule has 0 saturated heterocycles. The molecule has 0 amide bonds. The first kappa shape index (κ1) is 13.7. The number of aryl methyl sites for hydroxylation is 2. The molecule has 0 unspecified atom stereocenters. The van der Waals surface area contributed by atoms with Crippen LogP contribution in [0.4, 0.5) is 0 Å². The monoisotopic (exact) mass is 202 g/mol. The van der Waals surface area contributed by atoms with Gasteiger partial charge in [0.1, 0.15) is 0 Å². The molecule has 0 atom stereocenters. The van der Waals surface area contributed by atoms with Crippen molar-refractivity contribution in [2.24, 2.45) is 0 Å². The van der Waals surface area contributed by atoms with Crippen molar-refractivity contribution in [3.05, 3.63) is 53.6 Å². The van der Waals surface area contributed by atoms with Gasteiger partial charge in [-0.2, -0.15) is 0 Å². The van der Waals surface area contributed by atoms with E-state index in [1.165, 1.54) is 22.3 Å². The van der Waals surface area contributed by atoms with Crippen LogP contribution in [0.15, 0.2) is 36.9 Å². The zero-order valence-corrected chi connectivity index (χ0v) is 10.6. The number of benzene rings is 1. The van der Waals surface area contributed by atoms with Gasteiger partial charge in [-0.3, -0.25) is 0 Å². The van der Waals surface area contributed by atoms with E-state index in [2.05, 4.69) is 58.5 Å². The van der Waals surface area contributed by atoms with Gasteiger partial charge < -0.3 is 0 Å². The Morgan fingerprint density at radius 3 is 2.13 bits per heavy atom. The fourth-order valence-corrected chi connectivity index (χ4v) is 1.41. The average molecular weight is 202 g/mol. The Morgan fingerprint density at radius 2 is 1.73 bits per heavy atom. The number of allylic oxidation sites excluding steroid dienone is 3. The smallest absolute Gasteiger partial charge is 0.0201 e. The molecule has 0 fully saturated rings. The summed E-state index contributed by atoms with van der Waals surface area (Å²) in [5.74, 6) is 0. The summed E-state index contributed by atoms with van der Waals surface area (Å²) in [6, 6.07) is 6.58. The summed E-state index contributed by atoms with van der Waals surface area (Å²) in [6.45, 7) is 13.8. The molecule has 0 saturated carbocycles. The van der Waals surface area contributed by atoms with Crippen molar-refractivity contribution in [2.75, 3.05) is 0 Å². The van der Waals surface area contributed by atoms with E-state index in [0.717, 1.165) is 0 Å². The van der Waals surface area contributed by atoms with Crippen molar-refractivity contribution in [3.63, 3.8) is 0 Å². The molecule has 1 aromatic carbocycles. The standard InChI is InChI=1S/C12H16.C3H6/c1-5-10(3)12-7-6-9(2)8-11(12)4;1-3-2/h5-8H,1-4H3;3H,1H2,2H3/b10-5-;. The predicted molar refractivity (Wildman–Crippen MR) is 71.1 cm³/mol. The molecule has 0 spiro atoms. The van der Waals surface area contributed by atoms with Crippen LogP contribution in [0.1, 0.15) is 37.5 Å². The lowest BCUT2D eigenvalue weighted by Gasteiger charge is -2.06. The Hall–Kier alpha value is -1.30. The van der Waals surface area contributed by atoms with Crippen molar-refractivity contribution in [3.8, 4) is 0 Å². The summed E-state index contributed by atoms with van der Waals surface area (Å²) in [7, 11) is 0. The minimum atomic E-state index is 1.33. The van der Waals surface area contributed by atoms with Crippen LogP contribution in [0.2, 0.25) is 0 Å². The Bertz CT molecular complexity index is 343. The van der Waals surface area contributed by atoms with Crippen LogP contribution in [0, 0.1) is 13.8 Å². The summed E-state index contributed by atoms with van der Waals surface area (Å²) in [5.41, 5.74) is 5.42. The van der Waals surface area contributed by atoms with Crippen LogP contribution in [-0.4, -0.2) is 0 Å². The molecule has 1 aromatic rings. The zero-order chi connectivity index (χ0) is 11.8. The van der Waals surface area contributed by atoms with Gasteiger partial charge >= 0.3 is 0 Å². The van der Waals surface area contributed by atoms with E-state index < -0.39 is 0 Å². The molecular formula is C15H22. The quantitative estimate of drug-likeness (QED) is 0.567. The molecule has 0 aliphatic carbocycles. The number of hydrogen-bond donors (Lipinski definition) is 0. The second-order valence-electron chi connectivity index (χ2n) is 3.70. The fourth-order valence-electron chi connectivity index (χ4n) is 1.41. The van der Waals surface area contributed by atoms with Gasteiger partial charge in [-0.25, -0.2) is 0 Å². The first-order valence-corrected chi connectivity index (χ1v) is 5.34. The highest BCUT2D eigenvalue weighted by Gasteiger charge is 1.98. The Labute approximate surface area is 94.3 Å². The van der Waals surface area contributed by atoms with Crippen LogP contribution >= 0.6 is 0 Å². The second-order valence-corrected chi connectivity index (χ2v) is 3.70. The van der Waals surface area contributed by atoms with Crippen molar-refractivity contribution >= 4 is 5.57 Å². The lowest BCUT2D eigenvalue weighted by molar-refractivity contribution is 1.34. The van der Waals surface area contributed by atoms with Crippen LogP contribution in [0.3, 0.4) is 0 Å². The number of hydrogen-bond acceptors (Lipinski definition) is 0. The lowest BCUT2D eigenvalue weighted by atomic mass is 10.00. The van der Waals surface area contributed by atoms with E-state index in [-0.39, 0.29) is 0 Å². The van der Waals surface area contributed by atoms with E-state index >= 15 is 0 Å². The lowest BCUT2D eigenvalue weighted by Crippen LogP contribution is -1.86. The summed E-state index contributed by atoms with van der Waals surface area (Å²) in [4.78, 5) is 0. The van der Waals surface area contributed by atoms with Gasteiger partial charge in [0, 0.05) is 0 Å².